The Hall–Kier alpha value is -1.69. The van der Waals surface area contributed by atoms with Crippen LogP contribution < -0.4 is 4.90 Å². The van der Waals surface area contributed by atoms with Crippen molar-refractivity contribution in [3.63, 3.8) is 0 Å². The summed E-state index contributed by atoms with van der Waals surface area (Å²) in [6.07, 6.45) is 8.69. The normalized spacial score (nSPS) is 19.9. The second-order valence-corrected chi connectivity index (χ2v) is 8.73. The summed E-state index contributed by atoms with van der Waals surface area (Å²) in [5.41, 5.74) is 1.47. The summed E-state index contributed by atoms with van der Waals surface area (Å²) < 4.78 is 5.29. The van der Waals surface area contributed by atoms with Crippen LogP contribution in [0.4, 0.5) is 5.82 Å². The lowest BCUT2D eigenvalue weighted by Gasteiger charge is -2.33. The fraction of sp³-hybridized carbons (Fsp3) is 0.667. The molecule has 146 valence electrons. The third kappa shape index (κ3) is 3.68. The van der Waals surface area contributed by atoms with Gasteiger partial charge in [-0.05, 0) is 57.4 Å². The van der Waals surface area contributed by atoms with Crippen LogP contribution >= 0.6 is 11.3 Å². The average Bonchev–Trinajstić information content (AvgIpc) is 3.06. The zero-order valence-corrected chi connectivity index (χ0v) is 17.2. The van der Waals surface area contributed by atoms with Crippen molar-refractivity contribution in [1.29, 1.82) is 0 Å². The minimum Gasteiger partial charge on any atom is -0.466 e. The van der Waals surface area contributed by atoms with Crippen molar-refractivity contribution < 1.29 is 9.53 Å². The van der Waals surface area contributed by atoms with Gasteiger partial charge in [-0.15, -0.1) is 11.3 Å². The molecule has 0 bridgehead atoms. The Labute approximate surface area is 165 Å². The fourth-order valence-electron chi connectivity index (χ4n) is 4.37. The molecule has 1 atom stereocenters. The lowest BCUT2D eigenvalue weighted by atomic mass is 9.95. The van der Waals surface area contributed by atoms with Gasteiger partial charge in [0.25, 0.3) is 0 Å². The standard InChI is InChI=1S/C21H29N3O2S/c1-3-8-17-22-19(24-12-7-9-14(13-24)21(25)26-4-2)18-15-10-5-6-11-16(15)27-20(18)23-17/h14H,3-13H2,1-2H3. The third-order valence-corrected chi connectivity index (χ3v) is 6.84. The first-order valence-electron chi connectivity index (χ1n) is 10.4. The van der Waals surface area contributed by atoms with Gasteiger partial charge in [0.1, 0.15) is 16.5 Å². The Morgan fingerprint density at radius 1 is 1.22 bits per heavy atom. The van der Waals surface area contributed by atoms with Crippen LogP contribution in [0.15, 0.2) is 0 Å². The van der Waals surface area contributed by atoms with Gasteiger partial charge in [-0.2, -0.15) is 0 Å². The van der Waals surface area contributed by atoms with Crippen LogP contribution in [0, 0.1) is 5.92 Å². The molecule has 2 aromatic heterocycles. The lowest BCUT2D eigenvalue weighted by molar-refractivity contribution is -0.148. The van der Waals surface area contributed by atoms with Crippen molar-refractivity contribution in [3.05, 3.63) is 16.3 Å². The maximum absolute atomic E-state index is 12.3. The summed E-state index contributed by atoms with van der Waals surface area (Å²) in [6, 6.07) is 0. The van der Waals surface area contributed by atoms with E-state index in [9.17, 15) is 4.79 Å². The molecule has 0 amide bonds. The molecule has 0 N–H and O–H groups in total. The molecule has 0 spiro atoms. The maximum Gasteiger partial charge on any atom is 0.310 e. The molecule has 5 nitrogen and oxygen atoms in total. The highest BCUT2D eigenvalue weighted by Crippen LogP contribution is 2.40. The van der Waals surface area contributed by atoms with Crippen molar-refractivity contribution in [3.8, 4) is 0 Å². The SMILES string of the molecule is CCCc1nc(N2CCCC(C(=O)OCC)C2)c2c3c(sc2n1)CCCC3. The van der Waals surface area contributed by atoms with Crippen LogP contribution in [0.1, 0.15) is 62.2 Å². The first kappa shape index (κ1) is 18.7. The smallest absolute Gasteiger partial charge is 0.310 e. The number of hydrogen-bond acceptors (Lipinski definition) is 6. The van der Waals surface area contributed by atoms with Crippen LogP contribution in [-0.2, 0) is 28.8 Å². The Morgan fingerprint density at radius 2 is 2.07 bits per heavy atom. The van der Waals surface area contributed by atoms with E-state index >= 15 is 0 Å². The number of thiophene rings is 1. The summed E-state index contributed by atoms with van der Waals surface area (Å²) in [5, 5.41) is 1.26. The average molecular weight is 388 g/mol. The predicted molar refractivity (Wildman–Crippen MR) is 110 cm³/mol. The predicted octanol–water partition coefficient (Wildman–Crippen LogP) is 4.30. The van der Waals surface area contributed by atoms with E-state index in [-0.39, 0.29) is 11.9 Å². The van der Waals surface area contributed by atoms with Gasteiger partial charge in [0.2, 0.25) is 0 Å². The molecular weight excluding hydrogens is 358 g/mol. The number of hydrogen-bond donors (Lipinski definition) is 0. The van der Waals surface area contributed by atoms with Gasteiger partial charge < -0.3 is 9.64 Å². The van der Waals surface area contributed by atoms with Gasteiger partial charge in [0.15, 0.2) is 0 Å². The maximum atomic E-state index is 12.3. The summed E-state index contributed by atoms with van der Waals surface area (Å²) in [5.74, 6) is 1.90. The second-order valence-electron chi connectivity index (χ2n) is 7.64. The number of anilines is 1. The van der Waals surface area contributed by atoms with E-state index < -0.39 is 0 Å². The fourth-order valence-corrected chi connectivity index (χ4v) is 5.64. The molecule has 1 saturated heterocycles. The first-order valence-corrected chi connectivity index (χ1v) is 11.3. The van der Waals surface area contributed by atoms with Gasteiger partial charge in [0.05, 0.1) is 17.9 Å². The van der Waals surface area contributed by atoms with Gasteiger partial charge >= 0.3 is 5.97 Å². The molecule has 1 aliphatic heterocycles. The van der Waals surface area contributed by atoms with Crippen LogP contribution in [-0.4, -0.2) is 35.6 Å². The van der Waals surface area contributed by atoms with Crippen molar-refractivity contribution in [2.45, 2.75) is 65.2 Å². The molecular formula is C21H29N3O2S. The van der Waals surface area contributed by atoms with Crippen molar-refractivity contribution in [2.24, 2.45) is 5.92 Å². The number of rotatable bonds is 5. The van der Waals surface area contributed by atoms with Gasteiger partial charge in [-0.3, -0.25) is 4.79 Å². The Kier molecular flexibility index (Phi) is 5.62. The van der Waals surface area contributed by atoms with E-state index in [1.165, 1.54) is 35.1 Å². The summed E-state index contributed by atoms with van der Waals surface area (Å²) in [6.45, 7) is 6.16. The molecule has 1 fully saturated rings. The summed E-state index contributed by atoms with van der Waals surface area (Å²) in [4.78, 5) is 27.2. The van der Waals surface area contributed by atoms with Crippen LogP contribution in [0.3, 0.4) is 0 Å². The molecule has 6 heteroatoms. The quantitative estimate of drug-likeness (QED) is 0.716. The number of carbonyl (C=O) groups is 1. The zero-order chi connectivity index (χ0) is 18.8. The molecule has 1 aliphatic carbocycles. The highest BCUT2D eigenvalue weighted by molar-refractivity contribution is 7.19. The van der Waals surface area contributed by atoms with Gasteiger partial charge in [-0.25, -0.2) is 9.97 Å². The highest BCUT2D eigenvalue weighted by atomic mass is 32.1. The van der Waals surface area contributed by atoms with Crippen molar-refractivity contribution in [1.82, 2.24) is 9.97 Å². The van der Waals surface area contributed by atoms with Crippen molar-refractivity contribution >= 4 is 33.3 Å². The number of aryl methyl sites for hydroxylation is 3. The molecule has 1 unspecified atom stereocenters. The Morgan fingerprint density at radius 3 is 2.89 bits per heavy atom. The number of carbonyl (C=O) groups excluding carboxylic acids is 1. The lowest BCUT2D eigenvalue weighted by Crippen LogP contribution is -2.40. The molecule has 0 saturated carbocycles. The molecule has 0 radical (unpaired) electrons. The number of nitrogens with zero attached hydrogens (tertiary/aromatic N) is 3. The molecule has 4 rings (SSSR count). The molecule has 3 heterocycles. The number of fused-ring (bicyclic) bond motifs is 3. The third-order valence-electron chi connectivity index (χ3n) is 5.66. The van der Waals surface area contributed by atoms with E-state index in [0.717, 1.165) is 55.1 Å². The summed E-state index contributed by atoms with van der Waals surface area (Å²) in [7, 11) is 0. The monoisotopic (exact) mass is 387 g/mol. The van der Waals surface area contributed by atoms with Crippen LogP contribution in [0.2, 0.25) is 0 Å². The molecule has 2 aromatic rings. The Bertz CT molecular complexity index is 832. The molecule has 27 heavy (non-hydrogen) atoms. The van der Waals surface area contributed by atoms with E-state index in [0.29, 0.717) is 13.2 Å². The molecule has 2 aliphatic rings. The van der Waals surface area contributed by atoms with Crippen molar-refractivity contribution in [2.75, 3.05) is 24.6 Å². The van der Waals surface area contributed by atoms with E-state index in [1.807, 2.05) is 18.3 Å². The first-order chi connectivity index (χ1) is 13.2. The van der Waals surface area contributed by atoms with E-state index in [2.05, 4.69) is 11.8 Å². The summed E-state index contributed by atoms with van der Waals surface area (Å²) >= 11 is 1.86. The zero-order valence-electron chi connectivity index (χ0n) is 16.4. The van der Waals surface area contributed by atoms with Gasteiger partial charge in [-0.1, -0.05) is 6.92 Å². The van der Waals surface area contributed by atoms with E-state index in [4.69, 9.17) is 14.7 Å². The minimum absolute atomic E-state index is 0.0483. The number of esters is 1. The van der Waals surface area contributed by atoms with Crippen LogP contribution in [0.25, 0.3) is 10.2 Å². The van der Waals surface area contributed by atoms with E-state index in [1.54, 1.807) is 0 Å². The highest BCUT2D eigenvalue weighted by Gasteiger charge is 2.30. The number of piperidine rings is 1. The Balaban J connectivity index is 1.74. The topological polar surface area (TPSA) is 55.3 Å². The molecule has 0 aromatic carbocycles. The van der Waals surface area contributed by atoms with Crippen LogP contribution in [0.5, 0.6) is 0 Å². The largest absolute Gasteiger partial charge is 0.466 e. The number of aromatic nitrogens is 2. The van der Waals surface area contributed by atoms with Gasteiger partial charge in [0, 0.05) is 24.4 Å². The minimum atomic E-state index is -0.0615. The number of ether oxygens (including phenoxy) is 1. The second kappa shape index (κ2) is 8.13.